The first-order valence-electron chi connectivity index (χ1n) is 6.92. The van der Waals surface area contributed by atoms with Crippen LogP contribution in [0.2, 0.25) is 0 Å². The molecular formula is C15H20N2O3. The van der Waals surface area contributed by atoms with Crippen molar-refractivity contribution in [3.63, 3.8) is 0 Å². The molecule has 1 aliphatic heterocycles. The Morgan fingerprint density at radius 1 is 1.40 bits per heavy atom. The van der Waals surface area contributed by atoms with Crippen LogP contribution < -0.4 is 5.32 Å². The number of carboxylic acids is 1. The first-order valence-corrected chi connectivity index (χ1v) is 6.92. The van der Waals surface area contributed by atoms with E-state index >= 15 is 0 Å². The molecule has 2 amide bonds. The van der Waals surface area contributed by atoms with Gasteiger partial charge in [-0.15, -0.1) is 0 Å². The van der Waals surface area contributed by atoms with E-state index in [0.717, 1.165) is 18.4 Å². The highest BCUT2D eigenvalue weighted by Crippen LogP contribution is 2.17. The summed E-state index contributed by atoms with van der Waals surface area (Å²) in [7, 11) is 0. The van der Waals surface area contributed by atoms with E-state index in [4.69, 9.17) is 5.11 Å². The average Bonchev–Trinajstić information content (AvgIpc) is 2.89. The molecule has 0 spiro atoms. The Balaban J connectivity index is 1.89. The van der Waals surface area contributed by atoms with Crippen LogP contribution in [0.15, 0.2) is 30.3 Å². The summed E-state index contributed by atoms with van der Waals surface area (Å²) in [6.45, 7) is 2.44. The van der Waals surface area contributed by atoms with E-state index in [9.17, 15) is 9.59 Å². The molecule has 0 aromatic heterocycles. The number of likely N-dealkylation sites (tertiary alicyclic amines) is 1. The Kier molecular flexibility index (Phi) is 4.61. The molecular weight excluding hydrogens is 256 g/mol. The minimum atomic E-state index is -0.923. The van der Waals surface area contributed by atoms with Crippen LogP contribution in [0.4, 0.5) is 4.79 Å². The largest absolute Gasteiger partial charge is 0.480 e. The molecule has 0 aliphatic carbocycles. The van der Waals surface area contributed by atoms with Crippen molar-refractivity contribution in [1.82, 2.24) is 10.2 Å². The van der Waals surface area contributed by atoms with Gasteiger partial charge in [0, 0.05) is 12.6 Å². The van der Waals surface area contributed by atoms with Crippen molar-refractivity contribution in [3.05, 3.63) is 35.9 Å². The molecule has 2 atom stereocenters. The number of amides is 2. The lowest BCUT2D eigenvalue weighted by molar-refractivity contribution is -0.141. The van der Waals surface area contributed by atoms with Gasteiger partial charge in [0.1, 0.15) is 6.04 Å². The van der Waals surface area contributed by atoms with Crippen LogP contribution in [0.5, 0.6) is 0 Å². The van der Waals surface area contributed by atoms with Crippen molar-refractivity contribution in [2.24, 2.45) is 0 Å². The van der Waals surface area contributed by atoms with E-state index in [2.05, 4.69) is 5.32 Å². The van der Waals surface area contributed by atoms with Gasteiger partial charge in [-0.25, -0.2) is 9.59 Å². The fourth-order valence-corrected chi connectivity index (χ4v) is 2.58. The van der Waals surface area contributed by atoms with Gasteiger partial charge < -0.3 is 15.3 Å². The smallest absolute Gasteiger partial charge is 0.326 e. The molecule has 1 fully saturated rings. The first kappa shape index (κ1) is 14.4. The predicted molar refractivity (Wildman–Crippen MR) is 75.5 cm³/mol. The molecule has 1 unspecified atom stereocenters. The molecule has 1 aromatic carbocycles. The lowest BCUT2D eigenvalue weighted by Crippen LogP contribution is -2.48. The number of aliphatic carboxylic acids is 1. The number of carboxylic acid groups (broad SMARTS) is 1. The van der Waals surface area contributed by atoms with E-state index in [-0.39, 0.29) is 12.1 Å². The van der Waals surface area contributed by atoms with E-state index in [1.165, 1.54) is 4.90 Å². The van der Waals surface area contributed by atoms with Gasteiger partial charge in [0.2, 0.25) is 0 Å². The SMILES string of the molecule is CC(Cc1ccccc1)NC(=O)N1CCC[C@@H]1C(=O)O. The number of hydrogen-bond acceptors (Lipinski definition) is 2. The van der Waals surface area contributed by atoms with Gasteiger partial charge >= 0.3 is 12.0 Å². The van der Waals surface area contributed by atoms with Crippen LogP contribution in [0, 0.1) is 0 Å². The molecule has 5 heteroatoms. The molecule has 2 N–H and O–H groups in total. The second-order valence-corrected chi connectivity index (χ2v) is 5.23. The molecule has 1 heterocycles. The van der Waals surface area contributed by atoms with Crippen LogP contribution in [-0.4, -0.2) is 40.6 Å². The third kappa shape index (κ3) is 3.50. The Labute approximate surface area is 118 Å². The van der Waals surface area contributed by atoms with E-state index in [1.807, 2.05) is 37.3 Å². The summed E-state index contributed by atoms with van der Waals surface area (Å²) in [6, 6.07) is 8.92. The molecule has 5 nitrogen and oxygen atoms in total. The highest BCUT2D eigenvalue weighted by molar-refractivity contribution is 5.83. The Hall–Kier alpha value is -2.04. The van der Waals surface area contributed by atoms with Gasteiger partial charge in [0.05, 0.1) is 0 Å². The quantitative estimate of drug-likeness (QED) is 0.882. The lowest BCUT2D eigenvalue weighted by atomic mass is 10.1. The van der Waals surface area contributed by atoms with E-state index in [0.29, 0.717) is 13.0 Å². The third-order valence-corrected chi connectivity index (χ3v) is 3.55. The minimum Gasteiger partial charge on any atom is -0.480 e. The molecule has 0 saturated carbocycles. The molecule has 0 bridgehead atoms. The van der Waals surface area contributed by atoms with Crippen LogP contribution in [0.1, 0.15) is 25.3 Å². The summed E-state index contributed by atoms with van der Waals surface area (Å²) in [5.74, 6) is -0.923. The maximum atomic E-state index is 12.1. The fraction of sp³-hybridized carbons (Fsp3) is 0.467. The number of benzene rings is 1. The number of carbonyl (C=O) groups is 2. The van der Waals surface area contributed by atoms with Crippen molar-refractivity contribution >= 4 is 12.0 Å². The lowest BCUT2D eigenvalue weighted by Gasteiger charge is -2.24. The highest BCUT2D eigenvalue weighted by Gasteiger charge is 2.34. The van der Waals surface area contributed by atoms with Gasteiger partial charge in [0.25, 0.3) is 0 Å². The zero-order valence-electron chi connectivity index (χ0n) is 11.6. The van der Waals surface area contributed by atoms with Gasteiger partial charge in [-0.05, 0) is 31.7 Å². The number of rotatable bonds is 4. The van der Waals surface area contributed by atoms with Crippen LogP contribution in [0.25, 0.3) is 0 Å². The summed E-state index contributed by atoms with van der Waals surface area (Å²) in [5.41, 5.74) is 1.15. The zero-order chi connectivity index (χ0) is 14.5. The van der Waals surface area contributed by atoms with Crippen LogP contribution in [-0.2, 0) is 11.2 Å². The molecule has 108 valence electrons. The monoisotopic (exact) mass is 276 g/mol. The molecule has 1 aliphatic rings. The minimum absolute atomic E-state index is 0.0278. The number of carbonyl (C=O) groups excluding carboxylic acids is 1. The van der Waals surface area contributed by atoms with Gasteiger partial charge in [-0.2, -0.15) is 0 Å². The third-order valence-electron chi connectivity index (χ3n) is 3.55. The zero-order valence-corrected chi connectivity index (χ0v) is 11.6. The van der Waals surface area contributed by atoms with E-state index in [1.54, 1.807) is 0 Å². The summed E-state index contributed by atoms with van der Waals surface area (Å²) in [5, 5.41) is 12.0. The molecule has 1 saturated heterocycles. The van der Waals surface area contributed by atoms with Crippen molar-refractivity contribution in [3.8, 4) is 0 Å². The summed E-state index contributed by atoms with van der Waals surface area (Å²) in [4.78, 5) is 24.6. The Morgan fingerprint density at radius 2 is 2.10 bits per heavy atom. The normalized spacial score (nSPS) is 19.6. The summed E-state index contributed by atoms with van der Waals surface area (Å²) in [6.07, 6.45) is 2.02. The standard InChI is InChI=1S/C15H20N2O3/c1-11(10-12-6-3-2-4-7-12)16-15(20)17-9-5-8-13(17)14(18)19/h2-4,6-7,11,13H,5,8-10H2,1H3,(H,16,20)(H,18,19)/t11?,13-/m1/s1. The van der Waals surface area contributed by atoms with Crippen molar-refractivity contribution < 1.29 is 14.7 Å². The molecule has 20 heavy (non-hydrogen) atoms. The number of urea groups is 1. The predicted octanol–water partition coefficient (Wildman–Crippen LogP) is 1.88. The maximum absolute atomic E-state index is 12.1. The molecule has 1 aromatic rings. The van der Waals surface area contributed by atoms with Gasteiger partial charge in [0.15, 0.2) is 0 Å². The first-order chi connectivity index (χ1) is 9.58. The Morgan fingerprint density at radius 3 is 2.75 bits per heavy atom. The number of nitrogens with one attached hydrogen (secondary N) is 1. The van der Waals surface area contributed by atoms with Crippen molar-refractivity contribution in [1.29, 1.82) is 0 Å². The maximum Gasteiger partial charge on any atom is 0.326 e. The molecule has 2 rings (SSSR count). The van der Waals surface area contributed by atoms with E-state index < -0.39 is 12.0 Å². The topological polar surface area (TPSA) is 69.6 Å². The highest BCUT2D eigenvalue weighted by atomic mass is 16.4. The summed E-state index contributed by atoms with van der Waals surface area (Å²) >= 11 is 0. The van der Waals surface area contributed by atoms with Crippen molar-refractivity contribution in [2.75, 3.05) is 6.54 Å². The van der Waals surface area contributed by atoms with Crippen LogP contribution >= 0.6 is 0 Å². The number of nitrogens with zero attached hydrogens (tertiary/aromatic N) is 1. The van der Waals surface area contributed by atoms with Gasteiger partial charge in [-0.1, -0.05) is 30.3 Å². The van der Waals surface area contributed by atoms with Crippen LogP contribution in [0.3, 0.4) is 0 Å². The second-order valence-electron chi connectivity index (χ2n) is 5.23. The summed E-state index contributed by atoms with van der Waals surface area (Å²) < 4.78 is 0. The van der Waals surface area contributed by atoms with Gasteiger partial charge in [-0.3, -0.25) is 0 Å². The molecule has 0 radical (unpaired) electrons. The Bertz CT molecular complexity index is 475. The second kappa shape index (κ2) is 6.41. The van der Waals surface area contributed by atoms with Crippen molar-refractivity contribution in [2.45, 2.75) is 38.3 Å². The number of hydrogen-bond donors (Lipinski definition) is 2. The fourth-order valence-electron chi connectivity index (χ4n) is 2.58. The average molecular weight is 276 g/mol.